The summed E-state index contributed by atoms with van der Waals surface area (Å²) < 4.78 is 4.29. The Labute approximate surface area is 107 Å². The molecule has 2 aromatic heterocycles. The van der Waals surface area contributed by atoms with Crippen LogP contribution in [-0.4, -0.2) is 25.1 Å². The topological polar surface area (TPSA) is 47.7 Å². The number of rotatable bonds is 4. The first-order valence-corrected chi connectivity index (χ1v) is 6.50. The monoisotopic (exact) mass is 245 g/mol. The molecule has 0 aromatic carbocycles. The first-order valence-electron chi connectivity index (χ1n) is 6.50. The SMILES string of the molecule is Cn1cncc1CNC1CCCC1n1ccnc1. The van der Waals surface area contributed by atoms with Crippen LogP contribution in [0.4, 0.5) is 0 Å². The highest BCUT2D eigenvalue weighted by Crippen LogP contribution is 2.30. The number of hydrogen-bond donors (Lipinski definition) is 1. The van der Waals surface area contributed by atoms with Gasteiger partial charge in [-0.3, -0.25) is 0 Å². The standard InChI is InChI=1S/C13H19N5/c1-17-9-15-7-11(17)8-16-12-3-2-4-13(12)18-6-5-14-10-18/h5-7,9-10,12-13,16H,2-4,8H2,1H3. The van der Waals surface area contributed by atoms with Crippen LogP contribution in [0.3, 0.4) is 0 Å². The molecule has 1 aliphatic carbocycles. The predicted molar refractivity (Wildman–Crippen MR) is 69.0 cm³/mol. The van der Waals surface area contributed by atoms with Crippen LogP contribution in [0, 0.1) is 0 Å². The van der Waals surface area contributed by atoms with Gasteiger partial charge in [0.25, 0.3) is 0 Å². The van der Waals surface area contributed by atoms with E-state index in [1.54, 1.807) is 0 Å². The van der Waals surface area contributed by atoms with Crippen molar-refractivity contribution >= 4 is 0 Å². The Hall–Kier alpha value is -1.62. The van der Waals surface area contributed by atoms with E-state index < -0.39 is 0 Å². The molecule has 5 heteroatoms. The van der Waals surface area contributed by atoms with Gasteiger partial charge in [-0.1, -0.05) is 0 Å². The minimum Gasteiger partial charge on any atom is -0.337 e. The van der Waals surface area contributed by atoms with Crippen molar-refractivity contribution in [3.05, 3.63) is 36.9 Å². The van der Waals surface area contributed by atoms with E-state index in [9.17, 15) is 0 Å². The van der Waals surface area contributed by atoms with Crippen LogP contribution in [0.1, 0.15) is 31.0 Å². The molecule has 0 bridgehead atoms. The summed E-state index contributed by atoms with van der Waals surface area (Å²) in [5, 5.41) is 3.65. The molecule has 1 aliphatic rings. The van der Waals surface area contributed by atoms with Gasteiger partial charge in [-0.15, -0.1) is 0 Å². The maximum atomic E-state index is 4.15. The molecule has 2 aromatic rings. The largest absolute Gasteiger partial charge is 0.337 e. The van der Waals surface area contributed by atoms with Crippen LogP contribution in [0.5, 0.6) is 0 Å². The van der Waals surface area contributed by atoms with Gasteiger partial charge >= 0.3 is 0 Å². The molecule has 0 saturated heterocycles. The van der Waals surface area contributed by atoms with Crippen molar-refractivity contribution in [2.45, 2.75) is 37.9 Å². The van der Waals surface area contributed by atoms with E-state index in [4.69, 9.17) is 0 Å². The molecule has 2 unspecified atom stereocenters. The van der Waals surface area contributed by atoms with Crippen molar-refractivity contribution in [3.8, 4) is 0 Å². The normalized spacial score (nSPS) is 23.6. The predicted octanol–water partition coefficient (Wildman–Crippen LogP) is 1.50. The number of nitrogens with one attached hydrogen (secondary N) is 1. The van der Waals surface area contributed by atoms with Crippen molar-refractivity contribution in [1.29, 1.82) is 0 Å². The van der Waals surface area contributed by atoms with Crippen molar-refractivity contribution in [2.75, 3.05) is 0 Å². The Morgan fingerprint density at radius 3 is 3.00 bits per heavy atom. The van der Waals surface area contributed by atoms with Crippen LogP contribution in [-0.2, 0) is 13.6 Å². The quantitative estimate of drug-likeness (QED) is 0.888. The summed E-state index contributed by atoms with van der Waals surface area (Å²) in [5.41, 5.74) is 1.23. The molecule has 0 amide bonds. The number of aryl methyl sites for hydroxylation is 1. The second kappa shape index (κ2) is 4.94. The molecular weight excluding hydrogens is 226 g/mol. The minimum absolute atomic E-state index is 0.536. The van der Waals surface area contributed by atoms with Crippen molar-refractivity contribution in [1.82, 2.24) is 24.4 Å². The molecule has 3 rings (SSSR count). The second-order valence-corrected chi connectivity index (χ2v) is 4.99. The second-order valence-electron chi connectivity index (χ2n) is 4.99. The fourth-order valence-corrected chi connectivity index (χ4v) is 2.79. The Balaban J connectivity index is 1.64. The smallest absolute Gasteiger partial charge is 0.0949 e. The molecule has 0 spiro atoms. The molecule has 0 aliphatic heterocycles. The maximum Gasteiger partial charge on any atom is 0.0949 e. The fraction of sp³-hybridized carbons (Fsp3) is 0.538. The van der Waals surface area contributed by atoms with Crippen LogP contribution in [0.25, 0.3) is 0 Å². The van der Waals surface area contributed by atoms with E-state index in [-0.39, 0.29) is 0 Å². The minimum atomic E-state index is 0.536. The third kappa shape index (κ3) is 2.18. The Kier molecular flexibility index (Phi) is 3.15. The van der Waals surface area contributed by atoms with Crippen LogP contribution < -0.4 is 5.32 Å². The lowest BCUT2D eigenvalue weighted by molar-refractivity contribution is 0.387. The zero-order chi connectivity index (χ0) is 12.4. The summed E-state index contributed by atoms with van der Waals surface area (Å²) in [6, 6.07) is 1.08. The van der Waals surface area contributed by atoms with Crippen molar-refractivity contribution < 1.29 is 0 Å². The van der Waals surface area contributed by atoms with E-state index >= 15 is 0 Å². The molecular formula is C13H19N5. The lowest BCUT2D eigenvalue weighted by Crippen LogP contribution is -2.33. The van der Waals surface area contributed by atoms with E-state index in [0.717, 1.165) is 6.54 Å². The number of imidazole rings is 2. The van der Waals surface area contributed by atoms with Gasteiger partial charge in [-0.2, -0.15) is 0 Å². The lowest BCUT2D eigenvalue weighted by atomic mass is 10.1. The van der Waals surface area contributed by atoms with Gasteiger partial charge in [-0.05, 0) is 19.3 Å². The summed E-state index contributed by atoms with van der Waals surface area (Å²) in [6.45, 7) is 0.881. The van der Waals surface area contributed by atoms with Crippen molar-refractivity contribution in [3.63, 3.8) is 0 Å². The van der Waals surface area contributed by atoms with Crippen molar-refractivity contribution in [2.24, 2.45) is 7.05 Å². The molecule has 18 heavy (non-hydrogen) atoms. The summed E-state index contributed by atoms with van der Waals surface area (Å²) in [5.74, 6) is 0. The van der Waals surface area contributed by atoms with E-state index in [0.29, 0.717) is 12.1 Å². The highest BCUT2D eigenvalue weighted by atomic mass is 15.1. The molecule has 2 atom stereocenters. The van der Waals surface area contributed by atoms with Crippen LogP contribution in [0.2, 0.25) is 0 Å². The third-order valence-electron chi connectivity index (χ3n) is 3.85. The van der Waals surface area contributed by atoms with Gasteiger partial charge in [0, 0.05) is 44.3 Å². The van der Waals surface area contributed by atoms with Gasteiger partial charge in [0.1, 0.15) is 0 Å². The molecule has 1 saturated carbocycles. The lowest BCUT2D eigenvalue weighted by Gasteiger charge is -2.22. The van der Waals surface area contributed by atoms with Crippen LogP contribution >= 0.6 is 0 Å². The van der Waals surface area contributed by atoms with Gasteiger partial charge < -0.3 is 14.5 Å². The third-order valence-corrected chi connectivity index (χ3v) is 3.85. The van der Waals surface area contributed by atoms with E-state index in [1.165, 1.54) is 25.0 Å². The average molecular weight is 245 g/mol. The highest BCUT2D eigenvalue weighted by molar-refractivity contribution is 4.99. The van der Waals surface area contributed by atoms with Crippen LogP contribution in [0.15, 0.2) is 31.2 Å². The number of aromatic nitrogens is 4. The van der Waals surface area contributed by atoms with Gasteiger partial charge in [0.15, 0.2) is 0 Å². The molecule has 5 nitrogen and oxygen atoms in total. The zero-order valence-electron chi connectivity index (χ0n) is 10.7. The molecule has 0 radical (unpaired) electrons. The zero-order valence-corrected chi connectivity index (χ0v) is 10.7. The summed E-state index contributed by atoms with van der Waals surface area (Å²) >= 11 is 0. The number of hydrogen-bond acceptors (Lipinski definition) is 3. The fourth-order valence-electron chi connectivity index (χ4n) is 2.79. The first-order chi connectivity index (χ1) is 8.84. The molecule has 1 N–H and O–H groups in total. The summed E-state index contributed by atoms with van der Waals surface area (Å²) in [4.78, 5) is 8.29. The van der Waals surface area contributed by atoms with Gasteiger partial charge in [0.05, 0.1) is 18.3 Å². The molecule has 2 heterocycles. The molecule has 1 fully saturated rings. The van der Waals surface area contributed by atoms with E-state index in [1.807, 2.05) is 32.1 Å². The number of nitrogens with zero attached hydrogens (tertiary/aromatic N) is 4. The summed E-state index contributed by atoms with van der Waals surface area (Å²) in [7, 11) is 2.03. The Morgan fingerprint density at radius 2 is 2.28 bits per heavy atom. The summed E-state index contributed by atoms with van der Waals surface area (Å²) in [6.07, 6.45) is 13.4. The molecule has 96 valence electrons. The highest BCUT2D eigenvalue weighted by Gasteiger charge is 2.27. The van der Waals surface area contributed by atoms with Gasteiger partial charge in [-0.25, -0.2) is 9.97 Å². The van der Waals surface area contributed by atoms with Gasteiger partial charge in [0.2, 0.25) is 0 Å². The first kappa shape index (κ1) is 11.5. The Bertz CT molecular complexity index is 487. The van der Waals surface area contributed by atoms with E-state index in [2.05, 4.69) is 30.6 Å². The average Bonchev–Trinajstić information content (AvgIpc) is 3.07. The maximum absolute atomic E-state index is 4.15. The Morgan fingerprint density at radius 1 is 1.33 bits per heavy atom.